The molecule has 1 heterocycles. The third kappa shape index (κ3) is 2.56. The van der Waals surface area contributed by atoms with Gasteiger partial charge < -0.3 is 10.3 Å². The van der Waals surface area contributed by atoms with Crippen LogP contribution in [0.4, 0.5) is 0 Å². The van der Waals surface area contributed by atoms with Gasteiger partial charge in [0.15, 0.2) is 0 Å². The summed E-state index contributed by atoms with van der Waals surface area (Å²) in [7, 11) is 0. The van der Waals surface area contributed by atoms with Crippen molar-refractivity contribution in [2.24, 2.45) is 0 Å². The fraction of sp³-hybridized carbons (Fsp3) is 0.438. The first-order chi connectivity index (χ1) is 9.03. The highest BCUT2D eigenvalue weighted by Crippen LogP contribution is 2.31. The second kappa shape index (κ2) is 4.49. The number of aryl methyl sites for hydroxylation is 2. The van der Waals surface area contributed by atoms with E-state index in [9.17, 15) is 0 Å². The van der Waals surface area contributed by atoms with E-state index in [0.29, 0.717) is 0 Å². The van der Waals surface area contributed by atoms with Crippen LogP contribution >= 0.6 is 0 Å². The zero-order chi connectivity index (χ0) is 13.5. The SMILES string of the molecule is CC(C)(C)NCc1nc2c([nH]1)CCc1ccccc1-2. The Morgan fingerprint density at radius 2 is 2.00 bits per heavy atom. The molecule has 1 aromatic heterocycles. The van der Waals surface area contributed by atoms with Crippen molar-refractivity contribution in [2.45, 2.75) is 45.7 Å². The lowest BCUT2D eigenvalue weighted by Crippen LogP contribution is -2.35. The summed E-state index contributed by atoms with van der Waals surface area (Å²) >= 11 is 0. The van der Waals surface area contributed by atoms with Crippen LogP contribution in [0, 0.1) is 0 Å². The van der Waals surface area contributed by atoms with Crippen LogP contribution < -0.4 is 5.32 Å². The predicted octanol–water partition coefficient (Wildman–Crippen LogP) is 3.06. The molecule has 1 aromatic carbocycles. The molecule has 0 spiro atoms. The third-order valence-corrected chi connectivity index (χ3v) is 3.53. The molecule has 0 fully saturated rings. The van der Waals surface area contributed by atoms with Gasteiger partial charge in [-0.05, 0) is 39.2 Å². The van der Waals surface area contributed by atoms with Gasteiger partial charge in [0.25, 0.3) is 0 Å². The van der Waals surface area contributed by atoms with Gasteiger partial charge in [0.1, 0.15) is 5.82 Å². The Morgan fingerprint density at radius 1 is 1.21 bits per heavy atom. The van der Waals surface area contributed by atoms with E-state index in [-0.39, 0.29) is 5.54 Å². The number of nitrogens with one attached hydrogen (secondary N) is 2. The van der Waals surface area contributed by atoms with Gasteiger partial charge in [0.05, 0.1) is 12.2 Å². The molecule has 3 nitrogen and oxygen atoms in total. The van der Waals surface area contributed by atoms with E-state index < -0.39 is 0 Å². The number of rotatable bonds is 2. The molecule has 3 heteroatoms. The minimum absolute atomic E-state index is 0.116. The van der Waals surface area contributed by atoms with E-state index in [1.54, 1.807) is 0 Å². The Kier molecular flexibility index (Phi) is 2.94. The first-order valence-electron chi connectivity index (χ1n) is 6.94. The molecule has 0 aliphatic heterocycles. The van der Waals surface area contributed by atoms with Gasteiger partial charge in [-0.3, -0.25) is 0 Å². The molecule has 1 aliphatic rings. The second-order valence-electron chi connectivity index (χ2n) is 6.27. The highest BCUT2D eigenvalue weighted by atomic mass is 15.0. The molecule has 0 unspecified atom stereocenters. The number of benzene rings is 1. The van der Waals surface area contributed by atoms with Gasteiger partial charge in [0.2, 0.25) is 0 Å². The summed E-state index contributed by atoms with van der Waals surface area (Å²) in [6.07, 6.45) is 2.17. The number of hydrogen-bond donors (Lipinski definition) is 2. The minimum Gasteiger partial charge on any atom is -0.344 e. The van der Waals surface area contributed by atoms with E-state index in [1.807, 2.05) is 0 Å². The number of imidazole rings is 1. The maximum Gasteiger partial charge on any atom is 0.121 e. The van der Waals surface area contributed by atoms with E-state index >= 15 is 0 Å². The molecule has 0 amide bonds. The summed E-state index contributed by atoms with van der Waals surface area (Å²) in [5, 5.41) is 3.48. The van der Waals surface area contributed by atoms with Crippen molar-refractivity contribution in [3.8, 4) is 11.3 Å². The molecule has 0 saturated heterocycles. The number of aromatic amines is 1. The molecule has 0 radical (unpaired) electrons. The highest BCUT2D eigenvalue weighted by molar-refractivity contribution is 5.68. The van der Waals surface area contributed by atoms with Crippen molar-refractivity contribution >= 4 is 0 Å². The van der Waals surface area contributed by atoms with Crippen molar-refractivity contribution in [1.29, 1.82) is 0 Å². The largest absolute Gasteiger partial charge is 0.344 e. The smallest absolute Gasteiger partial charge is 0.121 e. The summed E-state index contributed by atoms with van der Waals surface area (Å²) in [5.41, 5.74) is 5.25. The quantitative estimate of drug-likeness (QED) is 0.866. The van der Waals surface area contributed by atoms with Crippen LogP contribution in [0.1, 0.15) is 37.9 Å². The Balaban J connectivity index is 1.88. The van der Waals surface area contributed by atoms with Crippen LogP contribution in [0.2, 0.25) is 0 Å². The molecule has 0 saturated carbocycles. The van der Waals surface area contributed by atoms with Gasteiger partial charge in [-0.15, -0.1) is 0 Å². The van der Waals surface area contributed by atoms with Crippen LogP contribution in [0.3, 0.4) is 0 Å². The molecular weight excluding hydrogens is 234 g/mol. The van der Waals surface area contributed by atoms with Gasteiger partial charge in [-0.2, -0.15) is 0 Å². The molecule has 2 aromatic rings. The van der Waals surface area contributed by atoms with Crippen LogP contribution in [-0.2, 0) is 19.4 Å². The maximum atomic E-state index is 4.78. The van der Waals surface area contributed by atoms with Gasteiger partial charge in [0, 0.05) is 16.8 Å². The fourth-order valence-electron chi connectivity index (χ4n) is 2.53. The first-order valence-corrected chi connectivity index (χ1v) is 6.94. The molecule has 0 bridgehead atoms. The van der Waals surface area contributed by atoms with E-state index in [4.69, 9.17) is 4.98 Å². The van der Waals surface area contributed by atoms with Crippen molar-refractivity contribution in [1.82, 2.24) is 15.3 Å². The molecule has 19 heavy (non-hydrogen) atoms. The Hall–Kier alpha value is -1.61. The summed E-state index contributed by atoms with van der Waals surface area (Å²) in [5.74, 6) is 1.04. The highest BCUT2D eigenvalue weighted by Gasteiger charge is 2.20. The van der Waals surface area contributed by atoms with E-state index in [1.165, 1.54) is 16.8 Å². The van der Waals surface area contributed by atoms with Crippen LogP contribution in [0.25, 0.3) is 11.3 Å². The number of hydrogen-bond acceptors (Lipinski definition) is 2. The predicted molar refractivity (Wildman–Crippen MR) is 78.0 cm³/mol. The minimum atomic E-state index is 0.116. The van der Waals surface area contributed by atoms with Crippen molar-refractivity contribution in [2.75, 3.05) is 0 Å². The normalized spacial score (nSPS) is 14.1. The van der Waals surface area contributed by atoms with E-state index in [0.717, 1.165) is 30.9 Å². The maximum absolute atomic E-state index is 4.78. The van der Waals surface area contributed by atoms with Crippen LogP contribution in [0.15, 0.2) is 24.3 Å². The fourth-order valence-corrected chi connectivity index (χ4v) is 2.53. The monoisotopic (exact) mass is 255 g/mol. The number of nitrogens with zero attached hydrogens (tertiary/aromatic N) is 1. The Labute approximate surface area is 114 Å². The standard InChI is InChI=1S/C16H21N3/c1-16(2,3)17-10-14-18-13-9-8-11-6-4-5-7-12(11)15(13)19-14/h4-7,17H,8-10H2,1-3H3,(H,18,19). The zero-order valence-electron chi connectivity index (χ0n) is 11.9. The topological polar surface area (TPSA) is 40.7 Å². The third-order valence-electron chi connectivity index (χ3n) is 3.53. The molecule has 1 aliphatic carbocycles. The van der Waals surface area contributed by atoms with Crippen molar-refractivity contribution in [3.63, 3.8) is 0 Å². The molecule has 2 N–H and O–H groups in total. The van der Waals surface area contributed by atoms with Gasteiger partial charge in [-0.25, -0.2) is 4.98 Å². The lowest BCUT2D eigenvalue weighted by atomic mass is 9.93. The van der Waals surface area contributed by atoms with Crippen molar-refractivity contribution < 1.29 is 0 Å². The second-order valence-corrected chi connectivity index (χ2v) is 6.27. The summed E-state index contributed by atoms with van der Waals surface area (Å²) in [6.45, 7) is 7.31. The Bertz CT molecular complexity index is 590. The Morgan fingerprint density at radius 3 is 2.79 bits per heavy atom. The zero-order valence-corrected chi connectivity index (χ0v) is 11.9. The first kappa shape index (κ1) is 12.4. The molecule has 100 valence electrons. The number of aromatic nitrogens is 2. The molecule has 0 atom stereocenters. The number of fused-ring (bicyclic) bond motifs is 3. The summed E-state index contributed by atoms with van der Waals surface area (Å²) in [6, 6.07) is 8.59. The molecule has 3 rings (SSSR count). The summed E-state index contributed by atoms with van der Waals surface area (Å²) in [4.78, 5) is 8.25. The van der Waals surface area contributed by atoms with Gasteiger partial charge >= 0.3 is 0 Å². The number of H-pyrrole nitrogens is 1. The van der Waals surface area contributed by atoms with Crippen molar-refractivity contribution in [3.05, 3.63) is 41.3 Å². The average molecular weight is 255 g/mol. The van der Waals surface area contributed by atoms with Gasteiger partial charge in [-0.1, -0.05) is 24.3 Å². The van der Waals surface area contributed by atoms with E-state index in [2.05, 4.69) is 55.3 Å². The molecular formula is C16H21N3. The lowest BCUT2D eigenvalue weighted by Gasteiger charge is -2.19. The summed E-state index contributed by atoms with van der Waals surface area (Å²) < 4.78 is 0. The average Bonchev–Trinajstić information content (AvgIpc) is 2.79. The van der Waals surface area contributed by atoms with Crippen LogP contribution in [0.5, 0.6) is 0 Å². The lowest BCUT2D eigenvalue weighted by molar-refractivity contribution is 0.418. The van der Waals surface area contributed by atoms with Crippen LogP contribution in [-0.4, -0.2) is 15.5 Å².